The molecule has 0 saturated carbocycles. The minimum atomic E-state index is -3.17. The highest BCUT2D eigenvalue weighted by Gasteiger charge is 2.26. The number of hydrogen-bond acceptors (Lipinski definition) is 5. The van der Waals surface area contributed by atoms with E-state index in [4.69, 9.17) is 0 Å². The molecule has 1 N–H and O–H groups in total. The van der Waals surface area contributed by atoms with Gasteiger partial charge in [0.25, 0.3) is 5.91 Å². The van der Waals surface area contributed by atoms with Gasteiger partial charge in [-0.05, 0) is 36.5 Å². The molecule has 0 spiro atoms. The second kappa shape index (κ2) is 7.13. The molecule has 1 unspecified atom stereocenters. The lowest BCUT2D eigenvalue weighted by Crippen LogP contribution is -2.43. The zero-order valence-corrected chi connectivity index (χ0v) is 14.6. The van der Waals surface area contributed by atoms with E-state index in [0.717, 1.165) is 35.4 Å². The second-order valence-electron chi connectivity index (χ2n) is 5.20. The number of carbonyl (C=O) groups excluding carboxylic acids is 1. The van der Waals surface area contributed by atoms with Gasteiger partial charge >= 0.3 is 0 Å². The summed E-state index contributed by atoms with van der Waals surface area (Å²) in [6.45, 7) is 1.77. The van der Waals surface area contributed by atoms with Gasteiger partial charge in [0.1, 0.15) is 4.88 Å². The van der Waals surface area contributed by atoms with Crippen LogP contribution in [-0.4, -0.2) is 51.4 Å². The Morgan fingerprint density at radius 2 is 2.33 bits per heavy atom. The van der Waals surface area contributed by atoms with Gasteiger partial charge in [0.05, 0.1) is 6.26 Å². The molecule has 2 heterocycles. The SMILES string of the molecule is CSc1ccsc1C(=O)N1CCCC(CNS(C)(=O)=O)C1. The molecule has 0 radical (unpaired) electrons. The number of sulfonamides is 1. The van der Waals surface area contributed by atoms with Crippen molar-refractivity contribution in [3.8, 4) is 0 Å². The quantitative estimate of drug-likeness (QED) is 0.825. The minimum absolute atomic E-state index is 0.0680. The first-order chi connectivity index (χ1) is 9.90. The fraction of sp³-hybridized carbons (Fsp3) is 0.615. The smallest absolute Gasteiger partial charge is 0.265 e. The number of amides is 1. The summed E-state index contributed by atoms with van der Waals surface area (Å²) in [4.78, 5) is 16.2. The molecule has 1 aliphatic rings. The van der Waals surface area contributed by atoms with Crippen molar-refractivity contribution in [1.29, 1.82) is 0 Å². The number of piperidine rings is 1. The highest BCUT2D eigenvalue weighted by molar-refractivity contribution is 7.98. The van der Waals surface area contributed by atoms with Crippen LogP contribution in [0, 0.1) is 5.92 Å². The van der Waals surface area contributed by atoms with Gasteiger partial charge in [0, 0.05) is 24.5 Å². The summed E-state index contributed by atoms with van der Waals surface area (Å²) in [7, 11) is -3.17. The molecule has 5 nitrogen and oxygen atoms in total. The van der Waals surface area contributed by atoms with Crippen molar-refractivity contribution >= 4 is 39.0 Å². The summed E-state index contributed by atoms with van der Waals surface area (Å²) in [6.07, 6.45) is 5.00. The number of thioether (sulfide) groups is 1. The first-order valence-electron chi connectivity index (χ1n) is 6.76. The largest absolute Gasteiger partial charge is 0.338 e. The van der Waals surface area contributed by atoms with E-state index >= 15 is 0 Å². The van der Waals surface area contributed by atoms with Crippen LogP contribution in [-0.2, 0) is 10.0 Å². The first-order valence-corrected chi connectivity index (χ1v) is 10.8. The van der Waals surface area contributed by atoms with Crippen molar-refractivity contribution in [1.82, 2.24) is 9.62 Å². The van der Waals surface area contributed by atoms with Gasteiger partial charge in [-0.1, -0.05) is 0 Å². The van der Waals surface area contributed by atoms with Crippen LogP contribution in [0.1, 0.15) is 22.5 Å². The lowest BCUT2D eigenvalue weighted by Gasteiger charge is -2.32. The van der Waals surface area contributed by atoms with E-state index in [-0.39, 0.29) is 11.8 Å². The summed E-state index contributed by atoms with van der Waals surface area (Å²) >= 11 is 3.05. The zero-order valence-electron chi connectivity index (χ0n) is 12.2. The van der Waals surface area contributed by atoms with Crippen LogP contribution in [0.15, 0.2) is 16.3 Å². The Morgan fingerprint density at radius 1 is 1.57 bits per heavy atom. The summed E-state index contributed by atoms with van der Waals surface area (Å²) < 4.78 is 24.9. The molecule has 2 rings (SSSR count). The number of carbonyl (C=O) groups is 1. The van der Waals surface area contributed by atoms with E-state index in [2.05, 4.69) is 4.72 Å². The monoisotopic (exact) mass is 348 g/mol. The van der Waals surface area contributed by atoms with E-state index in [1.807, 2.05) is 22.6 Å². The number of hydrogen-bond donors (Lipinski definition) is 1. The topological polar surface area (TPSA) is 66.5 Å². The van der Waals surface area contributed by atoms with Crippen molar-refractivity contribution in [2.45, 2.75) is 17.7 Å². The Balaban J connectivity index is 1.99. The molecule has 0 aromatic carbocycles. The summed E-state index contributed by atoms with van der Waals surface area (Å²) in [5.41, 5.74) is 0. The number of thiophene rings is 1. The van der Waals surface area contributed by atoms with Gasteiger partial charge in [-0.3, -0.25) is 4.79 Å². The van der Waals surface area contributed by atoms with Crippen molar-refractivity contribution in [2.24, 2.45) is 5.92 Å². The van der Waals surface area contributed by atoms with Gasteiger partial charge in [0.15, 0.2) is 0 Å². The molecule has 21 heavy (non-hydrogen) atoms. The van der Waals surface area contributed by atoms with Crippen LogP contribution in [0.3, 0.4) is 0 Å². The van der Waals surface area contributed by atoms with Crippen molar-refractivity contribution in [3.63, 3.8) is 0 Å². The molecule has 1 saturated heterocycles. The van der Waals surface area contributed by atoms with Gasteiger partial charge in [-0.2, -0.15) is 0 Å². The van der Waals surface area contributed by atoms with E-state index in [9.17, 15) is 13.2 Å². The van der Waals surface area contributed by atoms with Gasteiger partial charge in [0.2, 0.25) is 10.0 Å². The van der Waals surface area contributed by atoms with Gasteiger partial charge in [-0.25, -0.2) is 13.1 Å². The predicted octanol–water partition coefficient (Wildman–Crippen LogP) is 1.87. The molecule has 1 atom stereocenters. The lowest BCUT2D eigenvalue weighted by atomic mass is 9.98. The Hall–Kier alpha value is -0.570. The Bertz CT molecular complexity index is 598. The van der Waals surface area contributed by atoms with E-state index in [1.165, 1.54) is 11.3 Å². The Morgan fingerprint density at radius 3 is 3.00 bits per heavy atom. The summed E-state index contributed by atoms with van der Waals surface area (Å²) in [5.74, 6) is 0.258. The third-order valence-electron chi connectivity index (χ3n) is 3.48. The molecule has 1 amide bonds. The van der Waals surface area contributed by atoms with E-state index in [1.54, 1.807) is 11.8 Å². The lowest BCUT2D eigenvalue weighted by molar-refractivity contribution is 0.0678. The van der Waals surface area contributed by atoms with Crippen molar-refractivity contribution in [2.75, 3.05) is 32.1 Å². The summed E-state index contributed by atoms with van der Waals surface area (Å²) in [5, 5.41) is 1.94. The van der Waals surface area contributed by atoms with Crippen LogP contribution in [0.25, 0.3) is 0 Å². The standard InChI is InChI=1S/C13H20N2O3S3/c1-19-11-5-7-20-12(11)13(16)15-6-3-4-10(9-15)8-14-21(2,17)18/h5,7,10,14H,3-4,6,8-9H2,1-2H3. The Labute approximate surface area is 134 Å². The second-order valence-corrected chi connectivity index (χ2v) is 8.80. The highest BCUT2D eigenvalue weighted by atomic mass is 32.2. The molecular weight excluding hydrogens is 328 g/mol. The molecule has 1 aromatic rings. The normalized spacial score (nSPS) is 19.7. The maximum Gasteiger partial charge on any atom is 0.265 e. The van der Waals surface area contributed by atoms with Gasteiger partial charge < -0.3 is 4.90 Å². The maximum atomic E-state index is 12.6. The highest BCUT2D eigenvalue weighted by Crippen LogP contribution is 2.28. The molecule has 1 aliphatic heterocycles. The fourth-order valence-electron chi connectivity index (χ4n) is 2.44. The van der Waals surface area contributed by atoms with Crippen LogP contribution in [0.5, 0.6) is 0 Å². The number of nitrogens with zero attached hydrogens (tertiary/aromatic N) is 1. The van der Waals surface area contributed by atoms with E-state index in [0.29, 0.717) is 13.1 Å². The Kier molecular flexibility index (Phi) is 5.70. The minimum Gasteiger partial charge on any atom is -0.338 e. The molecule has 1 aromatic heterocycles. The molecule has 0 aliphatic carbocycles. The predicted molar refractivity (Wildman–Crippen MR) is 87.6 cm³/mol. The number of rotatable bonds is 5. The van der Waals surface area contributed by atoms with Crippen LogP contribution >= 0.6 is 23.1 Å². The van der Waals surface area contributed by atoms with E-state index < -0.39 is 10.0 Å². The molecule has 0 bridgehead atoms. The molecule has 8 heteroatoms. The average molecular weight is 349 g/mol. The van der Waals surface area contributed by atoms with Crippen LogP contribution in [0.2, 0.25) is 0 Å². The molecule has 1 fully saturated rings. The van der Waals surface area contributed by atoms with Crippen LogP contribution < -0.4 is 4.72 Å². The third kappa shape index (κ3) is 4.70. The fourth-order valence-corrected chi connectivity index (χ4v) is 4.69. The number of likely N-dealkylation sites (tertiary alicyclic amines) is 1. The van der Waals surface area contributed by atoms with Crippen molar-refractivity contribution < 1.29 is 13.2 Å². The van der Waals surface area contributed by atoms with Crippen molar-refractivity contribution in [3.05, 3.63) is 16.3 Å². The van der Waals surface area contributed by atoms with Crippen LogP contribution in [0.4, 0.5) is 0 Å². The average Bonchev–Trinajstić information content (AvgIpc) is 2.92. The first kappa shape index (κ1) is 16.8. The molecule has 118 valence electrons. The third-order valence-corrected chi connectivity index (χ3v) is 5.99. The molecular formula is C13H20N2O3S3. The maximum absolute atomic E-state index is 12.6. The summed E-state index contributed by atoms with van der Waals surface area (Å²) in [6, 6.07) is 1.97. The zero-order chi connectivity index (χ0) is 15.5. The van der Waals surface area contributed by atoms with Gasteiger partial charge in [-0.15, -0.1) is 23.1 Å². The number of nitrogens with one attached hydrogen (secondary N) is 1.